The Hall–Kier alpha value is -2.71. The molecule has 33 heavy (non-hydrogen) atoms. The molecule has 1 aliphatic carbocycles. The van der Waals surface area contributed by atoms with Gasteiger partial charge in [0, 0.05) is 30.7 Å². The van der Waals surface area contributed by atoms with Crippen LogP contribution in [0.3, 0.4) is 0 Å². The van der Waals surface area contributed by atoms with Crippen LogP contribution >= 0.6 is 0 Å². The number of hydrogen-bond donors (Lipinski definition) is 1. The minimum Gasteiger partial charge on any atom is -0.476 e. The van der Waals surface area contributed by atoms with E-state index in [1.807, 2.05) is 18.7 Å². The van der Waals surface area contributed by atoms with Gasteiger partial charge in [-0.2, -0.15) is 8.78 Å². The number of halogens is 2. The summed E-state index contributed by atoms with van der Waals surface area (Å²) < 4.78 is 30.9. The maximum Gasteiger partial charge on any atom is 0.315 e. The lowest BCUT2D eigenvalue weighted by Crippen LogP contribution is -2.54. The topological polar surface area (TPSA) is 79.0 Å². The van der Waals surface area contributed by atoms with Gasteiger partial charge in [-0.1, -0.05) is 19.3 Å². The van der Waals surface area contributed by atoms with Crippen LogP contribution in [0.25, 0.3) is 0 Å². The Balaban J connectivity index is 1.88. The zero-order chi connectivity index (χ0) is 24.3. The summed E-state index contributed by atoms with van der Waals surface area (Å²) in [6, 6.07) is 5.19. The van der Waals surface area contributed by atoms with Crippen molar-refractivity contribution in [1.29, 1.82) is 0 Å². The molecule has 1 heterocycles. The molecule has 182 valence electrons. The van der Waals surface area contributed by atoms with Crippen molar-refractivity contribution in [3.8, 4) is 5.75 Å². The number of carbonyl (C=O) groups excluding carboxylic acids is 3. The first-order chi connectivity index (χ1) is 15.5. The van der Waals surface area contributed by atoms with Crippen molar-refractivity contribution in [2.24, 2.45) is 0 Å². The van der Waals surface area contributed by atoms with Crippen LogP contribution in [0.5, 0.6) is 5.75 Å². The van der Waals surface area contributed by atoms with Crippen LogP contribution in [-0.4, -0.2) is 59.8 Å². The molecule has 0 unspecified atom stereocenters. The molecule has 7 nitrogen and oxygen atoms in total. The zero-order valence-electron chi connectivity index (χ0n) is 19.7. The normalized spacial score (nSPS) is 18.2. The minimum absolute atomic E-state index is 0.0223. The fourth-order valence-corrected chi connectivity index (χ4v) is 4.62. The van der Waals surface area contributed by atoms with Gasteiger partial charge in [0.25, 0.3) is 17.7 Å². The van der Waals surface area contributed by atoms with E-state index in [-0.39, 0.29) is 37.0 Å². The Labute approximate surface area is 193 Å². The van der Waals surface area contributed by atoms with E-state index in [1.165, 1.54) is 11.3 Å². The standard InChI is InChI=1S/C24H33F2N3O4/c1-15(2)29(17-8-6-5-7-9-17)22(31)16-10-11-19-18(14-16)28(23(32)24(3,4)33-19)13-12-27-21(30)20(25)26/h10-11,14-15,17,20H,5-9,12-13H2,1-4H3,(H,27,30). The summed E-state index contributed by atoms with van der Waals surface area (Å²) in [5.74, 6) is -1.45. The van der Waals surface area contributed by atoms with Gasteiger partial charge in [-0.25, -0.2) is 0 Å². The molecular formula is C24H33F2N3O4. The van der Waals surface area contributed by atoms with Crippen LogP contribution in [0.2, 0.25) is 0 Å². The second-order valence-corrected chi connectivity index (χ2v) is 9.44. The number of hydrogen-bond acceptors (Lipinski definition) is 4. The van der Waals surface area contributed by atoms with E-state index >= 15 is 0 Å². The first-order valence-corrected chi connectivity index (χ1v) is 11.6. The molecule has 0 radical (unpaired) electrons. The van der Waals surface area contributed by atoms with Gasteiger partial charge >= 0.3 is 6.43 Å². The maximum atomic E-state index is 13.5. The van der Waals surface area contributed by atoms with E-state index in [0.717, 1.165) is 25.7 Å². The van der Waals surface area contributed by atoms with Gasteiger partial charge in [-0.15, -0.1) is 0 Å². The highest BCUT2D eigenvalue weighted by Crippen LogP contribution is 2.39. The Morgan fingerprint density at radius 2 is 1.88 bits per heavy atom. The van der Waals surface area contributed by atoms with E-state index in [9.17, 15) is 23.2 Å². The summed E-state index contributed by atoms with van der Waals surface area (Å²) >= 11 is 0. The van der Waals surface area contributed by atoms with Gasteiger partial charge in [0.15, 0.2) is 5.60 Å². The average molecular weight is 466 g/mol. The van der Waals surface area contributed by atoms with E-state index in [2.05, 4.69) is 5.32 Å². The number of fused-ring (bicyclic) bond motifs is 1. The second-order valence-electron chi connectivity index (χ2n) is 9.44. The van der Waals surface area contributed by atoms with Crippen molar-refractivity contribution in [3.63, 3.8) is 0 Å². The number of nitrogens with one attached hydrogen (secondary N) is 1. The Bertz CT molecular complexity index is 898. The monoisotopic (exact) mass is 465 g/mol. The highest BCUT2D eigenvalue weighted by molar-refractivity contribution is 6.04. The summed E-state index contributed by atoms with van der Waals surface area (Å²) in [6.45, 7) is 7.06. The number of alkyl halides is 2. The van der Waals surface area contributed by atoms with Gasteiger partial charge < -0.3 is 19.9 Å². The van der Waals surface area contributed by atoms with Crippen molar-refractivity contribution in [3.05, 3.63) is 23.8 Å². The summed E-state index contributed by atoms with van der Waals surface area (Å²) in [4.78, 5) is 41.1. The van der Waals surface area contributed by atoms with E-state index < -0.39 is 17.9 Å². The molecule has 1 aromatic carbocycles. The van der Waals surface area contributed by atoms with Gasteiger partial charge in [0.2, 0.25) is 0 Å². The molecule has 0 atom stereocenters. The lowest BCUT2D eigenvalue weighted by Gasteiger charge is -2.40. The van der Waals surface area contributed by atoms with Crippen molar-refractivity contribution < 1.29 is 27.9 Å². The number of nitrogens with zero attached hydrogens (tertiary/aromatic N) is 2. The first-order valence-electron chi connectivity index (χ1n) is 11.6. The molecule has 1 saturated carbocycles. The van der Waals surface area contributed by atoms with Gasteiger partial charge in [-0.05, 0) is 58.7 Å². The molecule has 9 heteroatoms. The minimum atomic E-state index is -3.12. The van der Waals surface area contributed by atoms with E-state index in [4.69, 9.17) is 4.74 Å². The van der Waals surface area contributed by atoms with Gasteiger partial charge in [0.05, 0.1) is 5.69 Å². The van der Waals surface area contributed by atoms with Crippen LogP contribution < -0.4 is 15.0 Å². The highest BCUT2D eigenvalue weighted by atomic mass is 19.3. The van der Waals surface area contributed by atoms with Crippen molar-refractivity contribution in [1.82, 2.24) is 10.2 Å². The van der Waals surface area contributed by atoms with Crippen LogP contribution in [0.1, 0.15) is 70.2 Å². The number of benzene rings is 1. The average Bonchev–Trinajstić information content (AvgIpc) is 2.76. The summed E-state index contributed by atoms with van der Waals surface area (Å²) in [7, 11) is 0. The third-order valence-corrected chi connectivity index (χ3v) is 6.21. The van der Waals surface area contributed by atoms with Gasteiger partial charge in [-0.3, -0.25) is 14.4 Å². The number of carbonyl (C=O) groups is 3. The molecule has 3 amide bonds. The molecule has 1 N–H and O–H groups in total. The fraction of sp³-hybridized carbons (Fsp3) is 0.625. The summed E-state index contributed by atoms with van der Waals surface area (Å²) in [5.41, 5.74) is -0.341. The molecule has 1 aliphatic heterocycles. The number of anilines is 1. The second kappa shape index (κ2) is 10.1. The molecule has 0 bridgehead atoms. The number of rotatable bonds is 7. The highest BCUT2D eigenvalue weighted by Gasteiger charge is 2.41. The lowest BCUT2D eigenvalue weighted by molar-refractivity contribution is -0.133. The molecule has 1 fully saturated rings. The summed E-state index contributed by atoms with van der Waals surface area (Å²) in [5, 5.41) is 2.12. The predicted molar refractivity (Wildman–Crippen MR) is 121 cm³/mol. The maximum absolute atomic E-state index is 13.5. The smallest absolute Gasteiger partial charge is 0.315 e. The fourth-order valence-electron chi connectivity index (χ4n) is 4.62. The Kier molecular flexibility index (Phi) is 7.59. The van der Waals surface area contributed by atoms with Crippen molar-refractivity contribution in [2.45, 2.75) is 83.9 Å². The Morgan fingerprint density at radius 1 is 1.21 bits per heavy atom. The molecular weight excluding hydrogens is 432 g/mol. The predicted octanol–water partition coefficient (Wildman–Crippen LogP) is 3.76. The van der Waals surface area contributed by atoms with E-state index in [0.29, 0.717) is 17.0 Å². The first kappa shape index (κ1) is 24.9. The molecule has 0 saturated heterocycles. The quantitative estimate of drug-likeness (QED) is 0.665. The number of amides is 3. The van der Waals surface area contributed by atoms with Crippen LogP contribution in [-0.2, 0) is 9.59 Å². The molecule has 1 aromatic rings. The summed E-state index contributed by atoms with van der Waals surface area (Å²) in [6.07, 6.45) is 2.20. The van der Waals surface area contributed by atoms with Crippen LogP contribution in [0.4, 0.5) is 14.5 Å². The van der Waals surface area contributed by atoms with Gasteiger partial charge in [0.1, 0.15) is 5.75 Å². The molecule has 2 aliphatic rings. The lowest BCUT2D eigenvalue weighted by atomic mass is 9.92. The third kappa shape index (κ3) is 5.45. The Morgan fingerprint density at radius 3 is 2.48 bits per heavy atom. The van der Waals surface area contributed by atoms with Crippen LogP contribution in [0, 0.1) is 0 Å². The largest absolute Gasteiger partial charge is 0.476 e. The van der Waals surface area contributed by atoms with Crippen LogP contribution in [0.15, 0.2) is 18.2 Å². The molecule has 0 spiro atoms. The van der Waals surface area contributed by atoms with E-state index in [1.54, 1.807) is 32.0 Å². The van der Waals surface area contributed by atoms with Crippen molar-refractivity contribution in [2.75, 3.05) is 18.0 Å². The molecule has 3 rings (SSSR count). The zero-order valence-corrected chi connectivity index (χ0v) is 19.7. The SMILES string of the molecule is CC(C)N(C(=O)c1ccc2c(c1)N(CCNC(=O)C(F)F)C(=O)C(C)(C)O2)C1CCCCC1. The molecule has 0 aromatic heterocycles. The number of ether oxygens (including phenoxy) is 1. The third-order valence-electron chi connectivity index (χ3n) is 6.21. The van der Waals surface area contributed by atoms with Crippen molar-refractivity contribution >= 4 is 23.4 Å².